The molecule has 1 N–H and O–H groups in total. The smallest absolute Gasteiger partial charge is 0.373 e. The van der Waals surface area contributed by atoms with Gasteiger partial charge in [-0.05, 0) is 38.3 Å². The molecule has 2 unspecified atom stereocenters. The van der Waals surface area contributed by atoms with Crippen LogP contribution in [-0.4, -0.2) is 43.2 Å². The lowest BCUT2D eigenvalue weighted by Crippen LogP contribution is -2.34. The molecule has 3 rings (SSSR count). The molecule has 20 heavy (non-hydrogen) atoms. The van der Waals surface area contributed by atoms with Gasteiger partial charge < -0.3 is 14.5 Å². The number of nitrogens with zero attached hydrogens (tertiary/aromatic N) is 1. The summed E-state index contributed by atoms with van der Waals surface area (Å²) >= 11 is 0. The molecule has 5 nitrogen and oxygen atoms in total. The highest BCUT2D eigenvalue weighted by Crippen LogP contribution is 2.30. The second kappa shape index (κ2) is 5.58. The van der Waals surface area contributed by atoms with Gasteiger partial charge in [0.05, 0.1) is 13.2 Å². The average molecular weight is 278 g/mol. The molecule has 0 bridgehead atoms. The van der Waals surface area contributed by atoms with Crippen molar-refractivity contribution in [1.82, 2.24) is 10.2 Å². The van der Waals surface area contributed by atoms with Crippen molar-refractivity contribution in [3.05, 3.63) is 23.7 Å². The van der Waals surface area contributed by atoms with Gasteiger partial charge in [-0.1, -0.05) is 0 Å². The Hall–Kier alpha value is -1.33. The van der Waals surface area contributed by atoms with E-state index in [2.05, 4.69) is 21.9 Å². The van der Waals surface area contributed by atoms with Crippen molar-refractivity contribution in [1.29, 1.82) is 0 Å². The third kappa shape index (κ3) is 2.88. The Balaban J connectivity index is 1.54. The number of rotatable bonds is 5. The van der Waals surface area contributed by atoms with E-state index in [1.807, 2.05) is 6.07 Å². The fourth-order valence-corrected chi connectivity index (χ4v) is 2.93. The molecule has 110 valence electrons. The lowest BCUT2D eigenvalue weighted by atomic mass is 10.2. The lowest BCUT2D eigenvalue weighted by molar-refractivity contribution is 0.0562. The van der Waals surface area contributed by atoms with Crippen LogP contribution in [0.4, 0.5) is 0 Å². The standard InChI is InChI=1S/C15H22N2O3/c1-10(13-5-6-14(20-13)15(18)19-2)16-11-7-8-17(9-11)12-3-4-12/h5-6,10-12,16H,3-4,7-9H2,1-2H3. The Morgan fingerprint density at radius 3 is 2.95 bits per heavy atom. The lowest BCUT2D eigenvalue weighted by Gasteiger charge is -2.19. The van der Waals surface area contributed by atoms with Crippen LogP contribution in [0.1, 0.15) is 48.5 Å². The van der Waals surface area contributed by atoms with Crippen LogP contribution in [0.3, 0.4) is 0 Å². The van der Waals surface area contributed by atoms with E-state index in [9.17, 15) is 4.79 Å². The van der Waals surface area contributed by atoms with Crippen molar-refractivity contribution in [2.75, 3.05) is 20.2 Å². The molecule has 0 aromatic carbocycles. The van der Waals surface area contributed by atoms with Crippen LogP contribution in [0, 0.1) is 0 Å². The van der Waals surface area contributed by atoms with Crippen molar-refractivity contribution in [3.63, 3.8) is 0 Å². The molecule has 2 aliphatic rings. The molecule has 1 saturated carbocycles. The first-order chi connectivity index (χ1) is 9.67. The van der Waals surface area contributed by atoms with Crippen LogP contribution >= 0.6 is 0 Å². The van der Waals surface area contributed by atoms with Gasteiger partial charge in [0.15, 0.2) is 0 Å². The molecule has 0 spiro atoms. The van der Waals surface area contributed by atoms with E-state index < -0.39 is 5.97 Å². The normalized spacial score (nSPS) is 24.8. The topological polar surface area (TPSA) is 54.7 Å². The quantitative estimate of drug-likeness (QED) is 0.834. The maximum atomic E-state index is 11.4. The Morgan fingerprint density at radius 2 is 2.25 bits per heavy atom. The van der Waals surface area contributed by atoms with Gasteiger partial charge in [0.1, 0.15) is 5.76 Å². The zero-order valence-electron chi connectivity index (χ0n) is 12.1. The number of likely N-dealkylation sites (tertiary alicyclic amines) is 1. The summed E-state index contributed by atoms with van der Waals surface area (Å²) in [6.45, 7) is 4.39. The zero-order valence-corrected chi connectivity index (χ0v) is 12.1. The summed E-state index contributed by atoms with van der Waals surface area (Å²) in [5.74, 6) is 0.627. The van der Waals surface area contributed by atoms with Crippen molar-refractivity contribution < 1.29 is 13.9 Å². The van der Waals surface area contributed by atoms with Gasteiger partial charge in [-0.25, -0.2) is 4.79 Å². The molecule has 0 amide bonds. The Morgan fingerprint density at radius 1 is 1.45 bits per heavy atom. The molecule has 2 heterocycles. The second-order valence-electron chi connectivity index (χ2n) is 5.79. The first kappa shape index (κ1) is 13.6. The van der Waals surface area contributed by atoms with E-state index in [4.69, 9.17) is 4.42 Å². The third-order valence-corrected chi connectivity index (χ3v) is 4.21. The van der Waals surface area contributed by atoms with Gasteiger partial charge in [0.2, 0.25) is 5.76 Å². The van der Waals surface area contributed by atoms with E-state index in [1.54, 1.807) is 6.07 Å². The maximum Gasteiger partial charge on any atom is 0.373 e. The Labute approximate surface area is 119 Å². The summed E-state index contributed by atoms with van der Waals surface area (Å²) in [5.41, 5.74) is 0. The van der Waals surface area contributed by atoms with Gasteiger partial charge in [-0.3, -0.25) is 4.90 Å². The highest BCUT2D eigenvalue weighted by molar-refractivity contribution is 5.86. The van der Waals surface area contributed by atoms with Crippen molar-refractivity contribution in [2.24, 2.45) is 0 Å². The van der Waals surface area contributed by atoms with Crippen LogP contribution in [0.2, 0.25) is 0 Å². The van der Waals surface area contributed by atoms with E-state index in [1.165, 1.54) is 32.9 Å². The summed E-state index contributed by atoms with van der Waals surface area (Å²) in [6.07, 6.45) is 3.91. The molecule has 1 aromatic heterocycles. The summed E-state index contributed by atoms with van der Waals surface area (Å²) in [6, 6.07) is 4.98. The minimum atomic E-state index is -0.427. The Kier molecular flexibility index (Phi) is 3.81. The number of carbonyl (C=O) groups excluding carboxylic acids is 1. The van der Waals surface area contributed by atoms with Crippen LogP contribution in [0.25, 0.3) is 0 Å². The zero-order chi connectivity index (χ0) is 14.1. The molecule has 2 fully saturated rings. The van der Waals surface area contributed by atoms with E-state index in [-0.39, 0.29) is 11.8 Å². The van der Waals surface area contributed by atoms with Gasteiger partial charge in [0.25, 0.3) is 0 Å². The number of esters is 1. The largest absolute Gasteiger partial charge is 0.463 e. The van der Waals surface area contributed by atoms with Gasteiger partial charge in [-0.15, -0.1) is 0 Å². The average Bonchev–Trinajstić information content (AvgIpc) is 3.01. The first-order valence-electron chi connectivity index (χ1n) is 7.35. The second-order valence-corrected chi connectivity index (χ2v) is 5.79. The molecule has 1 saturated heterocycles. The van der Waals surface area contributed by atoms with Gasteiger partial charge >= 0.3 is 5.97 Å². The number of hydrogen-bond acceptors (Lipinski definition) is 5. The van der Waals surface area contributed by atoms with E-state index >= 15 is 0 Å². The number of hydrogen-bond donors (Lipinski definition) is 1. The highest BCUT2D eigenvalue weighted by atomic mass is 16.5. The van der Waals surface area contributed by atoms with Gasteiger partial charge in [0, 0.05) is 25.2 Å². The fraction of sp³-hybridized carbons (Fsp3) is 0.667. The van der Waals surface area contributed by atoms with Gasteiger partial charge in [-0.2, -0.15) is 0 Å². The summed E-state index contributed by atoms with van der Waals surface area (Å²) in [4.78, 5) is 14.0. The van der Waals surface area contributed by atoms with Crippen LogP contribution in [0.15, 0.2) is 16.5 Å². The monoisotopic (exact) mass is 278 g/mol. The number of nitrogens with one attached hydrogen (secondary N) is 1. The molecule has 1 aliphatic heterocycles. The van der Waals surface area contributed by atoms with Crippen LogP contribution in [0.5, 0.6) is 0 Å². The Bertz CT molecular complexity index is 481. The predicted molar refractivity (Wildman–Crippen MR) is 74.6 cm³/mol. The number of ether oxygens (including phenoxy) is 1. The predicted octanol–water partition coefficient (Wildman–Crippen LogP) is 1.95. The van der Waals surface area contributed by atoms with Crippen LogP contribution < -0.4 is 5.32 Å². The summed E-state index contributed by atoms with van der Waals surface area (Å²) in [7, 11) is 1.36. The molecule has 0 radical (unpaired) electrons. The minimum absolute atomic E-state index is 0.109. The molecule has 1 aliphatic carbocycles. The molecule has 1 aromatic rings. The third-order valence-electron chi connectivity index (χ3n) is 4.21. The number of methoxy groups -OCH3 is 1. The highest BCUT2D eigenvalue weighted by Gasteiger charge is 2.34. The van der Waals surface area contributed by atoms with E-state index in [0.717, 1.165) is 18.3 Å². The van der Waals surface area contributed by atoms with Crippen molar-refractivity contribution >= 4 is 5.97 Å². The number of carbonyl (C=O) groups is 1. The summed E-state index contributed by atoms with van der Waals surface area (Å²) < 4.78 is 10.2. The van der Waals surface area contributed by atoms with E-state index in [0.29, 0.717) is 6.04 Å². The van der Waals surface area contributed by atoms with Crippen molar-refractivity contribution in [3.8, 4) is 0 Å². The molecule has 2 atom stereocenters. The summed E-state index contributed by atoms with van der Waals surface area (Å²) in [5, 5.41) is 3.59. The first-order valence-corrected chi connectivity index (χ1v) is 7.35. The minimum Gasteiger partial charge on any atom is -0.463 e. The SMILES string of the molecule is COC(=O)c1ccc(C(C)NC2CCN(C3CC3)C2)o1. The molecular weight excluding hydrogens is 256 g/mol. The van der Waals surface area contributed by atoms with Crippen molar-refractivity contribution in [2.45, 2.75) is 44.3 Å². The molecule has 5 heteroatoms. The van der Waals surface area contributed by atoms with Crippen LogP contribution in [-0.2, 0) is 4.74 Å². The maximum absolute atomic E-state index is 11.4. The number of furan rings is 1. The fourth-order valence-electron chi connectivity index (χ4n) is 2.93. The molecular formula is C15H22N2O3.